The van der Waals surface area contributed by atoms with Crippen LogP contribution in [0.3, 0.4) is 0 Å². The molecule has 0 aliphatic rings. The van der Waals surface area contributed by atoms with Gasteiger partial charge >= 0.3 is 5.97 Å². The smallest absolute Gasteiger partial charge is 0.328 e. The number of rotatable bonds is 4. The second-order valence-corrected chi connectivity index (χ2v) is 4.42. The van der Waals surface area contributed by atoms with Gasteiger partial charge in [-0.25, -0.2) is 4.79 Å². The van der Waals surface area contributed by atoms with Crippen molar-refractivity contribution in [3.63, 3.8) is 0 Å². The summed E-state index contributed by atoms with van der Waals surface area (Å²) in [6.45, 7) is 0. The van der Waals surface area contributed by atoms with Gasteiger partial charge < -0.3 is 9.84 Å². The molecule has 1 heterocycles. The van der Waals surface area contributed by atoms with E-state index >= 15 is 0 Å². The van der Waals surface area contributed by atoms with Gasteiger partial charge in [0.2, 0.25) is 0 Å². The van der Waals surface area contributed by atoms with Crippen LogP contribution in [0.1, 0.15) is 5.56 Å². The third kappa shape index (κ3) is 3.62. The van der Waals surface area contributed by atoms with E-state index in [0.29, 0.717) is 11.3 Å². The number of aromatic nitrogens is 2. The standard InChI is InChI=1S/C12H7ClN2O4S/c13-11-10(18)12(15-20-14-11)19-8-4-1-7(2-5-8)3-6-9(16)17/h1-6H,(H,16,17)/b6-3+. The molecular weight excluding hydrogens is 304 g/mol. The molecule has 0 saturated carbocycles. The first-order valence-corrected chi connectivity index (χ1v) is 6.38. The molecule has 6 nitrogen and oxygen atoms in total. The summed E-state index contributed by atoms with van der Waals surface area (Å²) in [5, 5.41) is 8.32. The molecule has 0 fully saturated rings. The van der Waals surface area contributed by atoms with Gasteiger partial charge in [-0.05, 0) is 23.8 Å². The maximum atomic E-state index is 11.6. The molecule has 1 aromatic carbocycles. The Labute approximate surface area is 122 Å². The van der Waals surface area contributed by atoms with Crippen molar-refractivity contribution < 1.29 is 14.6 Å². The Hall–Kier alpha value is -2.25. The Morgan fingerprint density at radius 2 is 2.00 bits per heavy atom. The Balaban J connectivity index is 2.17. The van der Waals surface area contributed by atoms with Crippen molar-refractivity contribution >= 4 is 35.4 Å². The van der Waals surface area contributed by atoms with Gasteiger partial charge in [-0.15, -0.1) is 4.37 Å². The maximum Gasteiger partial charge on any atom is 0.328 e. The number of benzene rings is 1. The number of nitrogens with zero attached hydrogens (tertiary/aromatic N) is 2. The van der Waals surface area contributed by atoms with Gasteiger partial charge in [0, 0.05) is 6.08 Å². The zero-order chi connectivity index (χ0) is 14.5. The number of hydrogen-bond acceptors (Lipinski definition) is 6. The van der Waals surface area contributed by atoms with Crippen LogP contribution in [-0.4, -0.2) is 19.8 Å². The number of halogens is 1. The predicted octanol–water partition coefficient (Wildman–Crippen LogP) is 2.44. The monoisotopic (exact) mass is 310 g/mol. The van der Waals surface area contributed by atoms with E-state index in [-0.39, 0.29) is 11.0 Å². The zero-order valence-electron chi connectivity index (χ0n) is 9.82. The van der Waals surface area contributed by atoms with Crippen molar-refractivity contribution in [1.29, 1.82) is 0 Å². The molecule has 1 aromatic heterocycles. The van der Waals surface area contributed by atoms with Crippen LogP contribution in [0.5, 0.6) is 11.6 Å². The van der Waals surface area contributed by atoms with Crippen LogP contribution in [0.4, 0.5) is 0 Å². The van der Waals surface area contributed by atoms with Gasteiger partial charge in [0.15, 0.2) is 5.15 Å². The topological polar surface area (TPSA) is 89.4 Å². The Morgan fingerprint density at radius 3 is 2.65 bits per heavy atom. The molecule has 0 atom stereocenters. The molecule has 0 spiro atoms. The van der Waals surface area contributed by atoms with Crippen molar-refractivity contribution in [1.82, 2.24) is 8.75 Å². The highest BCUT2D eigenvalue weighted by molar-refractivity contribution is 6.99. The van der Waals surface area contributed by atoms with Crippen molar-refractivity contribution in [2.75, 3.05) is 0 Å². The molecule has 102 valence electrons. The van der Waals surface area contributed by atoms with Crippen LogP contribution in [0.2, 0.25) is 5.15 Å². The summed E-state index contributed by atoms with van der Waals surface area (Å²) in [5.74, 6) is -0.793. The highest BCUT2D eigenvalue weighted by Crippen LogP contribution is 2.19. The summed E-state index contributed by atoms with van der Waals surface area (Å²) in [6, 6.07) is 6.46. The van der Waals surface area contributed by atoms with E-state index in [1.807, 2.05) is 0 Å². The molecule has 8 heteroatoms. The van der Waals surface area contributed by atoms with Gasteiger partial charge in [0.1, 0.15) is 5.75 Å². The van der Waals surface area contributed by atoms with Gasteiger partial charge in [-0.2, -0.15) is 4.37 Å². The third-order valence-electron chi connectivity index (χ3n) is 2.14. The summed E-state index contributed by atoms with van der Waals surface area (Å²) in [5.41, 5.74) is 0.103. The molecule has 0 unspecified atom stereocenters. The molecule has 20 heavy (non-hydrogen) atoms. The summed E-state index contributed by atoms with van der Waals surface area (Å²) >= 11 is 6.35. The highest BCUT2D eigenvalue weighted by atomic mass is 35.5. The van der Waals surface area contributed by atoms with E-state index in [0.717, 1.165) is 17.8 Å². The van der Waals surface area contributed by atoms with Crippen LogP contribution in [0, 0.1) is 0 Å². The Bertz CT molecular complexity index is 712. The summed E-state index contributed by atoms with van der Waals surface area (Å²) in [4.78, 5) is 21.9. The SMILES string of the molecule is O=C(O)/C=C/c1ccc(Oc2nsnc(Cl)c2=O)cc1. The van der Waals surface area contributed by atoms with E-state index in [2.05, 4.69) is 8.75 Å². The maximum absolute atomic E-state index is 11.6. The van der Waals surface area contributed by atoms with Crippen molar-refractivity contribution in [3.8, 4) is 11.6 Å². The minimum absolute atomic E-state index is 0.149. The number of carboxylic acid groups (broad SMARTS) is 1. The fourth-order valence-electron chi connectivity index (χ4n) is 1.26. The minimum Gasteiger partial charge on any atom is -0.478 e. The highest BCUT2D eigenvalue weighted by Gasteiger charge is 2.08. The predicted molar refractivity (Wildman–Crippen MR) is 74.4 cm³/mol. The first-order valence-electron chi connectivity index (χ1n) is 5.27. The zero-order valence-corrected chi connectivity index (χ0v) is 11.4. The molecule has 0 radical (unpaired) electrons. The molecule has 0 saturated heterocycles. The lowest BCUT2D eigenvalue weighted by atomic mass is 10.2. The second-order valence-electron chi connectivity index (χ2n) is 3.53. The van der Waals surface area contributed by atoms with Gasteiger partial charge in [-0.1, -0.05) is 23.7 Å². The van der Waals surface area contributed by atoms with Crippen LogP contribution >= 0.6 is 23.3 Å². The van der Waals surface area contributed by atoms with E-state index in [1.165, 1.54) is 6.08 Å². The molecule has 0 bridgehead atoms. The largest absolute Gasteiger partial charge is 0.478 e. The van der Waals surface area contributed by atoms with Crippen LogP contribution in [-0.2, 0) is 4.79 Å². The normalized spacial score (nSPS) is 10.7. The molecule has 0 aliphatic carbocycles. The lowest BCUT2D eigenvalue weighted by Gasteiger charge is -2.03. The van der Waals surface area contributed by atoms with Crippen molar-refractivity contribution in [3.05, 3.63) is 51.3 Å². The second kappa shape index (κ2) is 6.27. The number of carboxylic acids is 1. The lowest BCUT2D eigenvalue weighted by Crippen LogP contribution is -2.07. The van der Waals surface area contributed by atoms with Gasteiger partial charge in [-0.3, -0.25) is 4.79 Å². The molecule has 2 rings (SSSR count). The van der Waals surface area contributed by atoms with E-state index < -0.39 is 11.4 Å². The molecule has 1 N–H and O–H groups in total. The Morgan fingerprint density at radius 1 is 1.30 bits per heavy atom. The van der Waals surface area contributed by atoms with Crippen LogP contribution < -0.4 is 10.2 Å². The van der Waals surface area contributed by atoms with Crippen molar-refractivity contribution in [2.24, 2.45) is 0 Å². The quantitative estimate of drug-likeness (QED) is 0.872. The fourth-order valence-corrected chi connectivity index (χ4v) is 1.82. The summed E-state index contributed by atoms with van der Waals surface area (Å²) < 4.78 is 12.6. The van der Waals surface area contributed by atoms with E-state index in [9.17, 15) is 9.59 Å². The average molecular weight is 311 g/mol. The third-order valence-corrected chi connectivity index (χ3v) is 3.01. The molecule has 0 aliphatic heterocycles. The fraction of sp³-hybridized carbons (Fsp3) is 0. The van der Waals surface area contributed by atoms with Gasteiger partial charge in [0.05, 0.1) is 11.7 Å². The van der Waals surface area contributed by atoms with Gasteiger partial charge in [0.25, 0.3) is 11.3 Å². The number of ether oxygens (including phenoxy) is 1. The molecule has 0 amide bonds. The number of hydrogen-bond donors (Lipinski definition) is 1. The minimum atomic E-state index is -1.03. The first-order chi connectivity index (χ1) is 9.56. The lowest BCUT2D eigenvalue weighted by molar-refractivity contribution is -0.131. The Kier molecular flexibility index (Phi) is 4.44. The van der Waals surface area contributed by atoms with E-state index in [1.54, 1.807) is 24.3 Å². The molecular formula is C12H7ClN2O4S. The van der Waals surface area contributed by atoms with Crippen LogP contribution in [0.15, 0.2) is 35.1 Å². The molecule has 2 aromatic rings. The van der Waals surface area contributed by atoms with Crippen LogP contribution in [0.25, 0.3) is 6.08 Å². The average Bonchev–Trinajstić information content (AvgIpc) is 2.43. The number of carbonyl (C=O) groups is 1. The van der Waals surface area contributed by atoms with Crippen molar-refractivity contribution in [2.45, 2.75) is 0 Å². The number of aliphatic carboxylic acids is 1. The first kappa shape index (κ1) is 14.2. The van der Waals surface area contributed by atoms with E-state index in [4.69, 9.17) is 21.4 Å². The summed E-state index contributed by atoms with van der Waals surface area (Å²) in [7, 11) is 0. The summed E-state index contributed by atoms with van der Waals surface area (Å²) in [6.07, 6.45) is 2.46.